The first-order valence-corrected chi connectivity index (χ1v) is 8.25. The van der Waals surface area contributed by atoms with E-state index >= 15 is 0 Å². The molecule has 3 rings (SSSR count). The molecule has 138 valence electrons. The monoisotopic (exact) mass is 387 g/mol. The van der Waals surface area contributed by atoms with Crippen molar-refractivity contribution in [2.75, 3.05) is 6.61 Å². The molecule has 12 heteroatoms. The maximum Gasteiger partial charge on any atom is 0.471 e. The van der Waals surface area contributed by atoms with Gasteiger partial charge in [-0.15, -0.1) is 16.4 Å². The number of carbonyl (C=O) groups is 1. The fourth-order valence-electron chi connectivity index (χ4n) is 1.91. The van der Waals surface area contributed by atoms with Crippen LogP contribution >= 0.6 is 11.3 Å². The Hall–Kier alpha value is -2.76. The minimum absolute atomic E-state index is 0.0526. The number of carbonyl (C=O) groups excluding carboxylic acids is 1. The Morgan fingerprint density at radius 2 is 2.19 bits per heavy atom. The van der Waals surface area contributed by atoms with Crippen LogP contribution in [-0.2, 0) is 17.5 Å². The summed E-state index contributed by atoms with van der Waals surface area (Å²) >= 11 is 1.18. The van der Waals surface area contributed by atoms with Crippen molar-refractivity contribution in [3.63, 3.8) is 0 Å². The number of aromatic nitrogens is 5. The van der Waals surface area contributed by atoms with Crippen molar-refractivity contribution in [1.29, 1.82) is 0 Å². The van der Waals surface area contributed by atoms with Gasteiger partial charge < -0.3 is 9.26 Å². The van der Waals surface area contributed by atoms with Crippen LogP contribution in [0.3, 0.4) is 0 Å². The second-order valence-electron chi connectivity index (χ2n) is 5.09. The number of halogens is 3. The van der Waals surface area contributed by atoms with Crippen LogP contribution in [-0.4, -0.2) is 37.5 Å². The molecular formula is C14H12F3N5O3S. The van der Waals surface area contributed by atoms with Gasteiger partial charge >= 0.3 is 18.0 Å². The molecule has 0 saturated heterocycles. The van der Waals surface area contributed by atoms with E-state index in [-0.39, 0.29) is 24.8 Å². The number of thiophene rings is 1. The molecule has 26 heavy (non-hydrogen) atoms. The summed E-state index contributed by atoms with van der Waals surface area (Å²) < 4.78 is 48.1. The molecule has 3 aromatic heterocycles. The van der Waals surface area contributed by atoms with Crippen molar-refractivity contribution in [3.8, 4) is 10.7 Å². The van der Waals surface area contributed by atoms with Gasteiger partial charge in [0.25, 0.3) is 5.82 Å². The van der Waals surface area contributed by atoms with Crippen LogP contribution < -0.4 is 0 Å². The third-order valence-electron chi connectivity index (χ3n) is 3.02. The van der Waals surface area contributed by atoms with Gasteiger partial charge in [0.15, 0.2) is 0 Å². The van der Waals surface area contributed by atoms with Gasteiger partial charge in [-0.05, 0) is 18.6 Å². The molecule has 0 radical (unpaired) electrons. The van der Waals surface area contributed by atoms with Gasteiger partial charge in [-0.25, -0.2) is 14.5 Å². The van der Waals surface area contributed by atoms with E-state index in [0.717, 1.165) is 4.88 Å². The molecule has 0 aliphatic heterocycles. The van der Waals surface area contributed by atoms with E-state index in [1.807, 2.05) is 6.92 Å². The van der Waals surface area contributed by atoms with Crippen LogP contribution in [0.4, 0.5) is 13.2 Å². The standard InChI is InChI=1S/C14H12F3N5O3S/c1-2-5-24-12(23)11-18-7-22(20-11)6-8-3-4-9(26-8)10-19-13(25-21-10)14(15,16)17/h3-4,7H,2,5-6H2,1H3. The predicted octanol–water partition coefficient (Wildman–Crippen LogP) is 3.02. The Bertz CT molecular complexity index is 902. The summed E-state index contributed by atoms with van der Waals surface area (Å²) in [5, 5.41) is 7.35. The molecule has 8 nitrogen and oxygen atoms in total. The van der Waals surface area contributed by atoms with Crippen molar-refractivity contribution in [2.24, 2.45) is 0 Å². The maximum atomic E-state index is 12.5. The molecule has 0 aliphatic carbocycles. The number of ether oxygens (including phenoxy) is 1. The Morgan fingerprint density at radius 1 is 1.38 bits per heavy atom. The zero-order valence-corrected chi connectivity index (χ0v) is 14.2. The highest BCUT2D eigenvalue weighted by molar-refractivity contribution is 7.15. The van der Waals surface area contributed by atoms with Gasteiger partial charge in [-0.1, -0.05) is 12.1 Å². The zero-order valence-electron chi connectivity index (χ0n) is 13.4. The molecule has 0 N–H and O–H groups in total. The smallest absolute Gasteiger partial charge is 0.460 e. The number of esters is 1. The van der Waals surface area contributed by atoms with E-state index in [2.05, 4.69) is 24.7 Å². The highest BCUT2D eigenvalue weighted by Gasteiger charge is 2.38. The summed E-state index contributed by atoms with van der Waals surface area (Å²) in [4.78, 5) is 20.1. The summed E-state index contributed by atoms with van der Waals surface area (Å²) in [6.07, 6.45) is -2.62. The summed E-state index contributed by atoms with van der Waals surface area (Å²) in [6.45, 7) is 2.43. The highest BCUT2D eigenvalue weighted by atomic mass is 32.1. The highest BCUT2D eigenvalue weighted by Crippen LogP contribution is 2.31. The normalized spacial score (nSPS) is 11.7. The molecule has 0 amide bonds. The third-order valence-corrected chi connectivity index (χ3v) is 4.09. The molecule has 0 unspecified atom stereocenters. The second-order valence-corrected chi connectivity index (χ2v) is 6.26. The van der Waals surface area contributed by atoms with E-state index in [4.69, 9.17) is 4.74 Å². The first-order chi connectivity index (χ1) is 12.4. The zero-order chi connectivity index (χ0) is 18.7. The quantitative estimate of drug-likeness (QED) is 0.600. The average Bonchev–Trinajstić information content (AvgIpc) is 3.31. The van der Waals surface area contributed by atoms with E-state index in [1.165, 1.54) is 22.3 Å². The fourth-order valence-corrected chi connectivity index (χ4v) is 2.83. The van der Waals surface area contributed by atoms with Crippen LogP contribution in [0.15, 0.2) is 23.0 Å². The number of hydrogen-bond acceptors (Lipinski definition) is 8. The SMILES string of the molecule is CCCOC(=O)c1ncn(Cc2ccc(-c3noc(C(F)(F)F)n3)s2)n1. The molecule has 0 spiro atoms. The van der Waals surface area contributed by atoms with E-state index in [0.29, 0.717) is 11.3 Å². The lowest BCUT2D eigenvalue weighted by Gasteiger charge is -1.98. The molecule has 0 bridgehead atoms. The van der Waals surface area contributed by atoms with Crippen LogP contribution in [0.25, 0.3) is 10.7 Å². The summed E-state index contributed by atoms with van der Waals surface area (Å²) in [7, 11) is 0. The molecule has 3 heterocycles. The van der Waals surface area contributed by atoms with Crippen molar-refractivity contribution in [2.45, 2.75) is 26.1 Å². The topological polar surface area (TPSA) is 95.9 Å². The lowest BCUT2D eigenvalue weighted by Crippen LogP contribution is -2.09. The predicted molar refractivity (Wildman–Crippen MR) is 82.3 cm³/mol. The third kappa shape index (κ3) is 4.07. The second kappa shape index (κ2) is 7.23. The van der Waals surface area contributed by atoms with Gasteiger partial charge in [0.05, 0.1) is 18.0 Å². The minimum Gasteiger partial charge on any atom is -0.460 e. The molecular weight excluding hydrogens is 375 g/mol. The fraction of sp³-hybridized carbons (Fsp3) is 0.357. The van der Waals surface area contributed by atoms with Crippen LogP contribution in [0.5, 0.6) is 0 Å². The lowest BCUT2D eigenvalue weighted by atomic mass is 10.4. The Kier molecular flexibility index (Phi) is 5.02. The van der Waals surface area contributed by atoms with E-state index in [1.54, 1.807) is 12.1 Å². The molecule has 0 aliphatic rings. The van der Waals surface area contributed by atoms with Gasteiger partial charge in [-0.2, -0.15) is 18.2 Å². The molecule has 0 atom stereocenters. The molecule has 0 fully saturated rings. The number of alkyl halides is 3. The summed E-state index contributed by atoms with van der Waals surface area (Å²) in [6, 6.07) is 3.28. The van der Waals surface area contributed by atoms with Crippen LogP contribution in [0.1, 0.15) is 34.7 Å². The van der Waals surface area contributed by atoms with Crippen molar-refractivity contribution >= 4 is 17.3 Å². The van der Waals surface area contributed by atoms with Gasteiger partial charge in [0.1, 0.15) is 6.33 Å². The van der Waals surface area contributed by atoms with Gasteiger partial charge in [0.2, 0.25) is 5.82 Å². The minimum atomic E-state index is -4.69. The Morgan fingerprint density at radius 3 is 2.88 bits per heavy atom. The van der Waals surface area contributed by atoms with Gasteiger partial charge in [-0.3, -0.25) is 0 Å². The Balaban J connectivity index is 1.68. The summed E-state index contributed by atoms with van der Waals surface area (Å²) in [5.41, 5.74) is 0. The van der Waals surface area contributed by atoms with Crippen LogP contribution in [0.2, 0.25) is 0 Å². The van der Waals surface area contributed by atoms with E-state index < -0.39 is 18.0 Å². The van der Waals surface area contributed by atoms with Crippen molar-refractivity contribution in [1.82, 2.24) is 24.9 Å². The first kappa shape index (κ1) is 18.0. The molecule has 3 aromatic rings. The Labute approximate surface area is 148 Å². The maximum absolute atomic E-state index is 12.5. The van der Waals surface area contributed by atoms with E-state index in [9.17, 15) is 18.0 Å². The van der Waals surface area contributed by atoms with Crippen LogP contribution in [0, 0.1) is 0 Å². The number of nitrogens with zero attached hydrogens (tertiary/aromatic N) is 5. The average molecular weight is 387 g/mol. The largest absolute Gasteiger partial charge is 0.471 e. The molecule has 0 aromatic carbocycles. The first-order valence-electron chi connectivity index (χ1n) is 7.43. The molecule has 0 saturated carbocycles. The number of hydrogen-bond donors (Lipinski definition) is 0. The lowest BCUT2D eigenvalue weighted by molar-refractivity contribution is -0.159. The van der Waals surface area contributed by atoms with Crippen molar-refractivity contribution in [3.05, 3.63) is 35.1 Å². The number of rotatable bonds is 6. The van der Waals surface area contributed by atoms with Crippen molar-refractivity contribution < 1.29 is 27.2 Å². The summed E-state index contributed by atoms with van der Waals surface area (Å²) in [5.74, 6) is -2.20. The van der Waals surface area contributed by atoms with Gasteiger partial charge in [0, 0.05) is 4.88 Å².